The second kappa shape index (κ2) is 5.07. The Hall–Kier alpha value is -1.05. The molecule has 0 heterocycles. The summed E-state index contributed by atoms with van der Waals surface area (Å²) in [6.45, 7) is 2.69. The highest BCUT2D eigenvalue weighted by Gasteiger charge is 2.45. The molecule has 0 aromatic heterocycles. The standard InChI is InChI=1S/C13H15BrN2O/c1-2-17-10-7-13(8-10,9-15)16-12-6-4-3-5-11(12)14/h3-6,10,16H,2,7-8H2,1H3. The van der Waals surface area contributed by atoms with E-state index in [-0.39, 0.29) is 6.10 Å². The number of nitrogens with one attached hydrogen (secondary N) is 1. The normalized spacial score (nSPS) is 27.0. The molecule has 0 saturated heterocycles. The van der Waals surface area contributed by atoms with Crippen molar-refractivity contribution in [2.24, 2.45) is 0 Å². The van der Waals surface area contributed by atoms with Gasteiger partial charge in [-0.1, -0.05) is 12.1 Å². The molecule has 0 atom stereocenters. The molecule has 0 aliphatic heterocycles. The minimum Gasteiger partial charge on any atom is -0.378 e. The summed E-state index contributed by atoms with van der Waals surface area (Å²) in [5.41, 5.74) is 0.493. The van der Waals surface area contributed by atoms with E-state index < -0.39 is 5.54 Å². The molecule has 0 spiro atoms. The Balaban J connectivity index is 2.04. The smallest absolute Gasteiger partial charge is 0.130 e. The van der Waals surface area contributed by atoms with E-state index in [9.17, 15) is 5.26 Å². The van der Waals surface area contributed by atoms with Crippen LogP contribution in [0.1, 0.15) is 19.8 Å². The van der Waals surface area contributed by atoms with Crippen molar-refractivity contribution in [3.05, 3.63) is 28.7 Å². The van der Waals surface area contributed by atoms with Crippen LogP contribution in [-0.2, 0) is 4.74 Å². The van der Waals surface area contributed by atoms with Crippen molar-refractivity contribution in [3.8, 4) is 6.07 Å². The highest BCUT2D eigenvalue weighted by atomic mass is 79.9. The Bertz CT molecular complexity index is 435. The third-order valence-corrected chi connectivity index (χ3v) is 3.71. The SMILES string of the molecule is CCOC1CC(C#N)(Nc2ccccc2Br)C1. The molecule has 3 nitrogen and oxygen atoms in total. The molecule has 0 unspecified atom stereocenters. The fourth-order valence-corrected chi connectivity index (χ4v) is 2.50. The predicted molar refractivity (Wildman–Crippen MR) is 70.8 cm³/mol. The molecule has 2 rings (SSSR count). The fraction of sp³-hybridized carbons (Fsp3) is 0.462. The second-order valence-corrected chi connectivity index (χ2v) is 5.14. The Morgan fingerprint density at radius 1 is 1.53 bits per heavy atom. The Labute approximate surface area is 110 Å². The Morgan fingerprint density at radius 3 is 2.82 bits per heavy atom. The van der Waals surface area contributed by atoms with E-state index in [1.165, 1.54) is 0 Å². The van der Waals surface area contributed by atoms with Gasteiger partial charge in [0.15, 0.2) is 0 Å². The molecule has 0 radical (unpaired) electrons. The number of para-hydroxylation sites is 1. The molecule has 1 aliphatic rings. The molecule has 4 heteroatoms. The maximum atomic E-state index is 9.29. The van der Waals surface area contributed by atoms with Crippen LogP contribution in [0.4, 0.5) is 5.69 Å². The summed E-state index contributed by atoms with van der Waals surface area (Å²) >= 11 is 3.47. The van der Waals surface area contributed by atoms with Gasteiger partial charge in [-0.3, -0.25) is 0 Å². The number of hydrogen-bond acceptors (Lipinski definition) is 3. The highest BCUT2D eigenvalue weighted by molar-refractivity contribution is 9.10. The van der Waals surface area contributed by atoms with Gasteiger partial charge in [-0.25, -0.2) is 0 Å². The van der Waals surface area contributed by atoms with Crippen LogP contribution >= 0.6 is 15.9 Å². The summed E-state index contributed by atoms with van der Waals surface area (Å²) in [5, 5.41) is 12.6. The number of ether oxygens (including phenoxy) is 1. The first-order valence-electron chi connectivity index (χ1n) is 5.75. The first-order valence-corrected chi connectivity index (χ1v) is 6.54. The molecule has 1 aromatic rings. The van der Waals surface area contributed by atoms with Gasteiger partial charge >= 0.3 is 0 Å². The molecular formula is C13H15BrN2O. The molecule has 1 saturated carbocycles. The van der Waals surface area contributed by atoms with Crippen LogP contribution in [0.25, 0.3) is 0 Å². The minimum atomic E-state index is -0.469. The topological polar surface area (TPSA) is 45.0 Å². The van der Waals surface area contributed by atoms with Crippen molar-refractivity contribution in [3.63, 3.8) is 0 Å². The number of anilines is 1. The molecule has 0 bridgehead atoms. The van der Waals surface area contributed by atoms with Crippen LogP contribution in [-0.4, -0.2) is 18.2 Å². The summed E-state index contributed by atoms with van der Waals surface area (Å²) in [6, 6.07) is 10.2. The quantitative estimate of drug-likeness (QED) is 0.926. The van der Waals surface area contributed by atoms with Crippen molar-refractivity contribution >= 4 is 21.6 Å². The van der Waals surface area contributed by atoms with Crippen LogP contribution in [0.5, 0.6) is 0 Å². The van der Waals surface area contributed by atoms with Crippen molar-refractivity contribution in [2.75, 3.05) is 11.9 Å². The van der Waals surface area contributed by atoms with Crippen LogP contribution in [0, 0.1) is 11.3 Å². The lowest BCUT2D eigenvalue weighted by Crippen LogP contribution is -2.53. The fourth-order valence-electron chi connectivity index (χ4n) is 2.11. The van der Waals surface area contributed by atoms with Gasteiger partial charge in [0, 0.05) is 29.6 Å². The summed E-state index contributed by atoms with van der Waals surface area (Å²) in [6.07, 6.45) is 1.71. The predicted octanol–water partition coefficient (Wildman–Crippen LogP) is 3.32. The van der Waals surface area contributed by atoms with E-state index in [1.54, 1.807) is 0 Å². The number of nitrogens with zero attached hydrogens (tertiary/aromatic N) is 1. The van der Waals surface area contributed by atoms with Crippen LogP contribution < -0.4 is 5.32 Å². The lowest BCUT2D eigenvalue weighted by molar-refractivity contribution is -0.0141. The van der Waals surface area contributed by atoms with Gasteiger partial charge in [-0.2, -0.15) is 5.26 Å². The van der Waals surface area contributed by atoms with Crippen molar-refractivity contribution < 1.29 is 4.74 Å². The van der Waals surface area contributed by atoms with Crippen molar-refractivity contribution in [2.45, 2.75) is 31.4 Å². The van der Waals surface area contributed by atoms with E-state index in [1.807, 2.05) is 31.2 Å². The molecule has 1 N–H and O–H groups in total. The highest BCUT2D eigenvalue weighted by Crippen LogP contribution is 2.38. The van der Waals surface area contributed by atoms with E-state index in [0.29, 0.717) is 6.61 Å². The van der Waals surface area contributed by atoms with Crippen LogP contribution in [0.3, 0.4) is 0 Å². The average Bonchev–Trinajstić information content (AvgIpc) is 2.29. The zero-order valence-corrected chi connectivity index (χ0v) is 11.3. The number of halogens is 1. The van der Waals surface area contributed by atoms with Gasteiger partial charge in [0.25, 0.3) is 0 Å². The second-order valence-electron chi connectivity index (χ2n) is 4.28. The van der Waals surface area contributed by atoms with E-state index in [2.05, 4.69) is 27.3 Å². The maximum absolute atomic E-state index is 9.29. The maximum Gasteiger partial charge on any atom is 0.130 e. The first kappa shape index (κ1) is 12.4. The lowest BCUT2D eigenvalue weighted by Gasteiger charge is -2.43. The Kier molecular flexibility index (Phi) is 3.70. The zero-order valence-electron chi connectivity index (χ0n) is 9.74. The van der Waals surface area contributed by atoms with Gasteiger partial charge < -0.3 is 10.1 Å². The molecular weight excluding hydrogens is 280 g/mol. The van der Waals surface area contributed by atoms with Crippen molar-refractivity contribution in [1.82, 2.24) is 0 Å². The lowest BCUT2D eigenvalue weighted by atomic mass is 9.75. The number of nitriles is 1. The van der Waals surface area contributed by atoms with Gasteiger partial charge in [-0.15, -0.1) is 0 Å². The number of rotatable bonds is 4. The molecule has 1 aliphatic carbocycles. The number of hydrogen-bond donors (Lipinski definition) is 1. The molecule has 1 fully saturated rings. The van der Waals surface area contributed by atoms with E-state index in [0.717, 1.165) is 23.0 Å². The van der Waals surface area contributed by atoms with Gasteiger partial charge in [-0.05, 0) is 35.0 Å². The summed E-state index contributed by atoms with van der Waals surface area (Å²) < 4.78 is 6.48. The van der Waals surface area contributed by atoms with Gasteiger partial charge in [0.05, 0.1) is 12.2 Å². The summed E-state index contributed by atoms with van der Waals surface area (Å²) in [5.74, 6) is 0. The van der Waals surface area contributed by atoms with Gasteiger partial charge in [0.1, 0.15) is 5.54 Å². The van der Waals surface area contributed by atoms with Crippen LogP contribution in [0.2, 0.25) is 0 Å². The zero-order chi connectivity index (χ0) is 12.3. The summed E-state index contributed by atoms with van der Waals surface area (Å²) in [4.78, 5) is 0. The van der Waals surface area contributed by atoms with E-state index >= 15 is 0 Å². The molecule has 1 aromatic carbocycles. The monoisotopic (exact) mass is 294 g/mol. The minimum absolute atomic E-state index is 0.217. The number of benzene rings is 1. The first-order chi connectivity index (χ1) is 8.19. The summed E-state index contributed by atoms with van der Waals surface area (Å²) in [7, 11) is 0. The molecule has 90 valence electrons. The van der Waals surface area contributed by atoms with Crippen molar-refractivity contribution in [1.29, 1.82) is 5.26 Å². The molecule has 17 heavy (non-hydrogen) atoms. The third-order valence-electron chi connectivity index (χ3n) is 3.02. The third kappa shape index (κ3) is 2.62. The van der Waals surface area contributed by atoms with Crippen LogP contribution in [0.15, 0.2) is 28.7 Å². The largest absolute Gasteiger partial charge is 0.378 e. The van der Waals surface area contributed by atoms with E-state index in [4.69, 9.17) is 4.74 Å². The Morgan fingerprint density at radius 2 is 2.24 bits per heavy atom. The average molecular weight is 295 g/mol. The van der Waals surface area contributed by atoms with Gasteiger partial charge in [0.2, 0.25) is 0 Å². The molecule has 0 amide bonds.